The summed E-state index contributed by atoms with van der Waals surface area (Å²) in [6, 6.07) is 14.8. The van der Waals surface area contributed by atoms with E-state index in [9.17, 15) is 22.8 Å². The second-order valence-corrected chi connectivity index (χ2v) is 7.68. The number of amides is 2. The van der Waals surface area contributed by atoms with Gasteiger partial charge in [-0.3, -0.25) is 9.59 Å². The van der Waals surface area contributed by atoms with Gasteiger partial charge in [0.1, 0.15) is 11.4 Å². The standard InChI is InChI=1S/C21H12ClF3N2O3S/c22-14-7-1-2-8-15(14)27-19(28)17(16-9-4-10-31-16)18(20(27)29)26-12-5-3-6-13(11-12)30-21(23,24)25/h1-11,26H. The Kier molecular flexibility index (Phi) is 5.47. The third-order valence-corrected chi connectivity index (χ3v) is 5.49. The number of ether oxygens (including phenoxy) is 1. The van der Waals surface area contributed by atoms with E-state index in [1.165, 1.54) is 29.5 Å². The molecular formula is C21H12ClF3N2O3S. The molecule has 10 heteroatoms. The molecule has 1 N–H and O–H groups in total. The molecule has 2 heterocycles. The molecule has 0 bridgehead atoms. The third kappa shape index (κ3) is 4.28. The molecule has 0 saturated carbocycles. The summed E-state index contributed by atoms with van der Waals surface area (Å²) in [6.45, 7) is 0. The highest BCUT2D eigenvalue weighted by Crippen LogP contribution is 2.38. The first-order valence-electron chi connectivity index (χ1n) is 8.79. The molecule has 0 fully saturated rings. The average Bonchev–Trinajstić information content (AvgIpc) is 3.29. The quantitative estimate of drug-likeness (QED) is 0.492. The summed E-state index contributed by atoms with van der Waals surface area (Å²) in [5, 5.41) is 4.74. The molecule has 0 spiro atoms. The van der Waals surface area contributed by atoms with Crippen molar-refractivity contribution in [2.75, 3.05) is 10.2 Å². The van der Waals surface area contributed by atoms with Crippen molar-refractivity contribution in [3.8, 4) is 5.75 Å². The molecular weight excluding hydrogens is 453 g/mol. The van der Waals surface area contributed by atoms with E-state index in [0.29, 0.717) is 4.88 Å². The molecule has 158 valence electrons. The largest absolute Gasteiger partial charge is 0.573 e. The normalized spacial score (nSPS) is 14.4. The summed E-state index contributed by atoms with van der Waals surface area (Å²) < 4.78 is 41.6. The van der Waals surface area contributed by atoms with Crippen molar-refractivity contribution >= 4 is 51.7 Å². The molecule has 3 aromatic rings. The molecule has 1 aliphatic rings. The Morgan fingerprint density at radius 2 is 1.74 bits per heavy atom. The SMILES string of the molecule is O=C1C(Nc2cccc(OC(F)(F)F)c2)=C(c2cccs2)C(=O)N1c1ccccc1Cl. The summed E-state index contributed by atoms with van der Waals surface area (Å²) in [5.41, 5.74) is 0.380. The summed E-state index contributed by atoms with van der Waals surface area (Å²) in [4.78, 5) is 27.9. The fraction of sp³-hybridized carbons (Fsp3) is 0.0476. The summed E-state index contributed by atoms with van der Waals surface area (Å²) >= 11 is 7.44. The number of halogens is 4. The molecule has 0 saturated heterocycles. The van der Waals surface area contributed by atoms with Crippen LogP contribution in [-0.4, -0.2) is 18.2 Å². The van der Waals surface area contributed by atoms with Crippen LogP contribution in [0.3, 0.4) is 0 Å². The van der Waals surface area contributed by atoms with Crippen LogP contribution in [0.1, 0.15) is 4.88 Å². The minimum Gasteiger partial charge on any atom is -0.406 e. The van der Waals surface area contributed by atoms with Crippen LogP contribution in [0.5, 0.6) is 5.75 Å². The summed E-state index contributed by atoms with van der Waals surface area (Å²) in [7, 11) is 0. The van der Waals surface area contributed by atoms with Crippen molar-refractivity contribution in [3.05, 3.63) is 81.6 Å². The second-order valence-electron chi connectivity index (χ2n) is 6.33. The Bertz CT molecular complexity index is 1190. The fourth-order valence-corrected chi connectivity index (χ4v) is 4.05. The molecule has 0 aliphatic carbocycles. The number of para-hydroxylation sites is 1. The van der Waals surface area contributed by atoms with E-state index in [1.54, 1.807) is 35.7 Å². The van der Waals surface area contributed by atoms with Gasteiger partial charge in [0.05, 0.1) is 16.3 Å². The highest BCUT2D eigenvalue weighted by molar-refractivity contribution is 7.11. The maximum atomic E-state index is 13.2. The number of rotatable bonds is 5. The van der Waals surface area contributed by atoms with Gasteiger partial charge < -0.3 is 10.1 Å². The van der Waals surface area contributed by atoms with E-state index in [2.05, 4.69) is 10.1 Å². The van der Waals surface area contributed by atoms with Crippen LogP contribution in [-0.2, 0) is 9.59 Å². The van der Waals surface area contributed by atoms with Crippen molar-refractivity contribution in [2.45, 2.75) is 6.36 Å². The number of nitrogens with one attached hydrogen (secondary N) is 1. The molecule has 4 rings (SSSR count). The number of imide groups is 1. The van der Waals surface area contributed by atoms with Crippen molar-refractivity contribution in [2.24, 2.45) is 0 Å². The van der Waals surface area contributed by atoms with Crippen LogP contribution in [0.4, 0.5) is 24.5 Å². The molecule has 31 heavy (non-hydrogen) atoms. The van der Waals surface area contributed by atoms with Gasteiger partial charge in [-0.05, 0) is 35.7 Å². The van der Waals surface area contributed by atoms with Gasteiger partial charge in [0, 0.05) is 16.6 Å². The van der Waals surface area contributed by atoms with Crippen LogP contribution in [0.2, 0.25) is 5.02 Å². The smallest absolute Gasteiger partial charge is 0.406 e. The predicted octanol–water partition coefficient (Wildman–Crippen LogP) is 5.70. The molecule has 1 aromatic heterocycles. The molecule has 2 amide bonds. The Balaban J connectivity index is 1.75. The van der Waals surface area contributed by atoms with E-state index in [4.69, 9.17) is 11.6 Å². The Morgan fingerprint density at radius 3 is 2.42 bits per heavy atom. The van der Waals surface area contributed by atoms with Crippen molar-refractivity contribution < 1.29 is 27.5 Å². The van der Waals surface area contributed by atoms with Crippen LogP contribution >= 0.6 is 22.9 Å². The van der Waals surface area contributed by atoms with Gasteiger partial charge in [0.15, 0.2) is 0 Å². The van der Waals surface area contributed by atoms with E-state index < -0.39 is 23.9 Å². The van der Waals surface area contributed by atoms with Gasteiger partial charge in [0.2, 0.25) is 0 Å². The van der Waals surface area contributed by atoms with Crippen LogP contribution in [0, 0.1) is 0 Å². The van der Waals surface area contributed by atoms with Gasteiger partial charge >= 0.3 is 6.36 Å². The molecule has 5 nitrogen and oxygen atoms in total. The monoisotopic (exact) mass is 464 g/mol. The topological polar surface area (TPSA) is 58.6 Å². The van der Waals surface area contributed by atoms with Crippen molar-refractivity contribution in [1.82, 2.24) is 0 Å². The number of hydrogen-bond acceptors (Lipinski definition) is 5. The van der Waals surface area contributed by atoms with Gasteiger partial charge in [0.25, 0.3) is 11.8 Å². The zero-order valence-electron chi connectivity index (χ0n) is 15.4. The molecule has 0 atom stereocenters. The van der Waals surface area contributed by atoms with Crippen molar-refractivity contribution in [3.63, 3.8) is 0 Å². The van der Waals surface area contributed by atoms with E-state index in [0.717, 1.165) is 17.0 Å². The second kappa shape index (κ2) is 8.09. The lowest BCUT2D eigenvalue weighted by atomic mass is 10.2. The average molecular weight is 465 g/mol. The maximum absolute atomic E-state index is 13.2. The summed E-state index contributed by atoms with van der Waals surface area (Å²) in [6.07, 6.45) is -4.86. The number of hydrogen-bond donors (Lipinski definition) is 1. The zero-order chi connectivity index (χ0) is 22.2. The predicted molar refractivity (Wildman–Crippen MR) is 112 cm³/mol. The van der Waals surface area contributed by atoms with Crippen LogP contribution < -0.4 is 15.0 Å². The Morgan fingerprint density at radius 1 is 0.968 bits per heavy atom. The highest BCUT2D eigenvalue weighted by atomic mass is 35.5. The number of thiophene rings is 1. The molecule has 1 aliphatic heterocycles. The first kappa shape index (κ1) is 21.0. The summed E-state index contributed by atoms with van der Waals surface area (Å²) in [5.74, 6) is -1.73. The van der Waals surface area contributed by atoms with E-state index in [-0.39, 0.29) is 27.7 Å². The third-order valence-electron chi connectivity index (χ3n) is 4.28. The first-order chi connectivity index (χ1) is 14.7. The highest BCUT2D eigenvalue weighted by Gasteiger charge is 2.41. The van der Waals surface area contributed by atoms with E-state index >= 15 is 0 Å². The van der Waals surface area contributed by atoms with Crippen LogP contribution in [0.25, 0.3) is 5.57 Å². The number of alkyl halides is 3. The Hall–Kier alpha value is -3.30. The number of benzene rings is 2. The zero-order valence-corrected chi connectivity index (χ0v) is 17.0. The number of nitrogens with zero attached hydrogens (tertiary/aromatic N) is 1. The number of carbonyl (C=O) groups is 2. The lowest BCUT2D eigenvalue weighted by Crippen LogP contribution is -2.32. The van der Waals surface area contributed by atoms with Gasteiger partial charge in [-0.2, -0.15) is 0 Å². The van der Waals surface area contributed by atoms with Gasteiger partial charge in [-0.1, -0.05) is 35.9 Å². The number of carbonyl (C=O) groups excluding carboxylic acids is 2. The molecule has 0 radical (unpaired) electrons. The molecule has 0 unspecified atom stereocenters. The Labute approximate surface area is 183 Å². The number of anilines is 2. The van der Waals surface area contributed by atoms with Crippen LogP contribution in [0.15, 0.2) is 71.7 Å². The fourth-order valence-electron chi connectivity index (χ4n) is 3.06. The minimum absolute atomic E-state index is 0.0727. The maximum Gasteiger partial charge on any atom is 0.573 e. The first-order valence-corrected chi connectivity index (χ1v) is 10.0. The minimum atomic E-state index is -4.86. The van der Waals surface area contributed by atoms with Gasteiger partial charge in [-0.25, -0.2) is 4.90 Å². The van der Waals surface area contributed by atoms with Gasteiger partial charge in [-0.15, -0.1) is 24.5 Å². The van der Waals surface area contributed by atoms with E-state index in [1.807, 2.05) is 0 Å². The molecule has 2 aromatic carbocycles. The lowest BCUT2D eigenvalue weighted by Gasteiger charge is -2.16. The van der Waals surface area contributed by atoms with Crippen molar-refractivity contribution in [1.29, 1.82) is 0 Å². The lowest BCUT2D eigenvalue weighted by molar-refractivity contribution is -0.274.